The largest absolute Gasteiger partial charge is 0.465 e. The van der Waals surface area contributed by atoms with Crippen molar-refractivity contribution in [2.24, 2.45) is 0 Å². The van der Waals surface area contributed by atoms with Gasteiger partial charge in [-0.15, -0.1) is 0 Å². The van der Waals surface area contributed by atoms with Gasteiger partial charge in [0.1, 0.15) is 18.0 Å². The van der Waals surface area contributed by atoms with E-state index in [9.17, 15) is 18.8 Å². The van der Waals surface area contributed by atoms with Crippen molar-refractivity contribution >= 4 is 23.7 Å². The van der Waals surface area contributed by atoms with Gasteiger partial charge in [-0.05, 0) is 39.0 Å². The number of anilines is 1. The van der Waals surface area contributed by atoms with Gasteiger partial charge in [0.05, 0.1) is 18.4 Å². The maximum atomic E-state index is 13.3. The zero-order chi connectivity index (χ0) is 17.6. The van der Waals surface area contributed by atoms with E-state index < -0.39 is 35.9 Å². The normalized spacial score (nSPS) is 10.7. The molecule has 8 heteroatoms. The first kappa shape index (κ1) is 18.4. The second-order valence-corrected chi connectivity index (χ2v) is 5.59. The first-order valence-electron chi connectivity index (χ1n) is 6.77. The third-order valence-electron chi connectivity index (χ3n) is 2.45. The summed E-state index contributed by atoms with van der Waals surface area (Å²) in [5, 5.41) is 4.59. The number of carbonyl (C=O) groups excluding carboxylic acids is 3. The van der Waals surface area contributed by atoms with E-state index in [1.807, 2.05) is 0 Å². The molecular formula is C15H19FN2O5. The number of esters is 1. The number of amides is 2. The molecule has 126 valence electrons. The standard InChI is InChI=1S/C15H19FN2O5/c1-15(2,3)23-14(21)17-8-12(19)18-11-7-9(16)5-6-10(11)13(20)22-4/h5-7H,8H2,1-4H3,(H,17,21)(H,18,19). The maximum Gasteiger partial charge on any atom is 0.408 e. The number of ether oxygens (including phenoxy) is 2. The molecule has 1 rings (SSSR count). The number of carbonyl (C=O) groups is 3. The minimum Gasteiger partial charge on any atom is -0.465 e. The Labute approximate surface area is 133 Å². The van der Waals surface area contributed by atoms with Gasteiger partial charge in [-0.25, -0.2) is 14.0 Å². The van der Waals surface area contributed by atoms with Crippen LogP contribution in [0.3, 0.4) is 0 Å². The van der Waals surface area contributed by atoms with Crippen molar-refractivity contribution in [2.75, 3.05) is 19.0 Å². The lowest BCUT2D eigenvalue weighted by Gasteiger charge is -2.19. The van der Waals surface area contributed by atoms with Gasteiger partial charge in [0.15, 0.2) is 0 Å². The van der Waals surface area contributed by atoms with Gasteiger partial charge in [-0.3, -0.25) is 4.79 Å². The number of methoxy groups -OCH3 is 1. The van der Waals surface area contributed by atoms with E-state index in [4.69, 9.17) is 4.74 Å². The molecule has 0 fully saturated rings. The fourth-order valence-electron chi connectivity index (χ4n) is 1.57. The third-order valence-corrected chi connectivity index (χ3v) is 2.45. The summed E-state index contributed by atoms with van der Waals surface area (Å²) in [6, 6.07) is 3.25. The molecule has 0 atom stereocenters. The minimum atomic E-state index is -0.764. The van der Waals surface area contributed by atoms with Crippen molar-refractivity contribution in [1.29, 1.82) is 0 Å². The summed E-state index contributed by atoms with van der Waals surface area (Å²) >= 11 is 0. The van der Waals surface area contributed by atoms with E-state index in [1.165, 1.54) is 13.2 Å². The Morgan fingerprint density at radius 2 is 1.87 bits per heavy atom. The Morgan fingerprint density at radius 1 is 1.22 bits per heavy atom. The topological polar surface area (TPSA) is 93.7 Å². The van der Waals surface area contributed by atoms with Crippen molar-refractivity contribution in [3.8, 4) is 0 Å². The van der Waals surface area contributed by atoms with E-state index >= 15 is 0 Å². The van der Waals surface area contributed by atoms with Crippen molar-refractivity contribution in [2.45, 2.75) is 26.4 Å². The Balaban J connectivity index is 2.69. The summed E-state index contributed by atoms with van der Waals surface area (Å²) in [4.78, 5) is 34.8. The summed E-state index contributed by atoms with van der Waals surface area (Å²) in [6.45, 7) is 4.65. The first-order valence-corrected chi connectivity index (χ1v) is 6.77. The summed E-state index contributed by atoms with van der Waals surface area (Å²) in [5.41, 5.74) is -0.742. The lowest BCUT2D eigenvalue weighted by Crippen LogP contribution is -2.37. The Hall–Kier alpha value is -2.64. The average molecular weight is 326 g/mol. The SMILES string of the molecule is COC(=O)c1ccc(F)cc1NC(=O)CNC(=O)OC(C)(C)C. The molecule has 0 aromatic heterocycles. The van der Waals surface area contributed by atoms with Crippen molar-refractivity contribution < 1.29 is 28.2 Å². The molecule has 23 heavy (non-hydrogen) atoms. The van der Waals surface area contributed by atoms with Crippen LogP contribution in [0.25, 0.3) is 0 Å². The van der Waals surface area contributed by atoms with E-state index in [0.717, 1.165) is 12.1 Å². The van der Waals surface area contributed by atoms with E-state index in [-0.39, 0.29) is 11.3 Å². The van der Waals surface area contributed by atoms with Crippen molar-refractivity contribution in [1.82, 2.24) is 5.32 Å². The molecule has 1 aromatic rings. The van der Waals surface area contributed by atoms with Gasteiger partial charge < -0.3 is 20.1 Å². The van der Waals surface area contributed by atoms with Crippen LogP contribution < -0.4 is 10.6 Å². The first-order chi connectivity index (χ1) is 10.6. The Kier molecular flexibility index (Phi) is 6.06. The molecule has 1 aromatic carbocycles. The fourth-order valence-corrected chi connectivity index (χ4v) is 1.57. The van der Waals surface area contributed by atoms with Gasteiger partial charge in [-0.1, -0.05) is 0 Å². The molecule has 0 bridgehead atoms. The fraction of sp³-hybridized carbons (Fsp3) is 0.400. The number of hydrogen-bond donors (Lipinski definition) is 2. The van der Waals surface area contributed by atoms with Crippen molar-refractivity contribution in [3.05, 3.63) is 29.6 Å². The molecule has 0 saturated heterocycles. The highest BCUT2D eigenvalue weighted by Gasteiger charge is 2.18. The van der Waals surface area contributed by atoms with E-state index in [1.54, 1.807) is 20.8 Å². The smallest absolute Gasteiger partial charge is 0.408 e. The molecular weight excluding hydrogens is 307 g/mol. The van der Waals surface area contributed by atoms with E-state index in [2.05, 4.69) is 15.4 Å². The van der Waals surface area contributed by atoms with Crippen LogP contribution in [0.5, 0.6) is 0 Å². The molecule has 0 heterocycles. The molecule has 0 spiro atoms. The molecule has 0 aliphatic heterocycles. The van der Waals surface area contributed by atoms with Crippen LogP contribution in [0.1, 0.15) is 31.1 Å². The quantitative estimate of drug-likeness (QED) is 0.826. The zero-order valence-electron chi connectivity index (χ0n) is 13.4. The Morgan fingerprint density at radius 3 is 2.43 bits per heavy atom. The monoisotopic (exact) mass is 326 g/mol. The van der Waals surface area contributed by atoms with Crippen LogP contribution in [0.15, 0.2) is 18.2 Å². The molecule has 2 amide bonds. The zero-order valence-corrected chi connectivity index (χ0v) is 13.4. The van der Waals surface area contributed by atoms with Gasteiger partial charge in [0, 0.05) is 0 Å². The second kappa shape index (κ2) is 7.57. The number of benzene rings is 1. The number of hydrogen-bond acceptors (Lipinski definition) is 5. The number of halogens is 1. The van der Waals surface area contributed by atoms with Gasteiger partial charge in [0.2, 0.25) is 5.91 Å². The second-order valence-electron chi connectivity index (χ2n) is 5.59. The Bertz CT molecular complexity index is 610. The van der Waals surface area contributed by atoms with E-state index in [0.29, 0.717) is 0 Å². The predicted molar refractivity (Wildman–Crippen MR) is 80.6 cm³/mol. The molecule has 0 aliphatic rings. The summed E-state index contributed by atoms with van der Waals surface area (Å²) in [6.07, 6.45) is -0.764. The van der Waals surface area contributed by atoms with Crippen LogP contribution in [-0.2, 0) is 14.3 Å². The number of rotatable bonds is 4. The molecule has 2 N–H and O–H groups in total. The number of alkyl carbamates (subject to hydrolysis) is 1. The maximum absolute atomic E-state index is 13.3. The third kappa shape index (κ3) is 6.33. The van der Waals surface area contributed by atoms with Gasteiger partial charge in [-0.2, -0.15) is 0 Å². The van der Waals surface area contributed by atoms with Gasteiger partial charge in [0.25, 0.3) is 0 Å². The molecule has 0 saturated carbocycles. The summed E-state index contributed by atoms with van der Waals surface area (Å²) < 4.78 is 22.8. The molecule has 7 nitrogen and oxygen atoms in total. The lowest BCUT2D eigenvalue weighted by molar-refractivity contribution is -0.115. The molecule has 0 radical (unpaired) electrons. The summed E-state index contributed by atoms with van der Waals surface area (Å²) in [7, 11) is 1.17. The molecule has 0 aliphatic carbocycles. The minimum absolute atomic E-state index is 0.000446. The highest BCUT2D eigenvalue weighted by atomic mass is 19.1. The predicted octanol–water partition coefficient (Wildman–Crippen LogP) is 2.08. The highest BCUT2D eigenvalue weighted by molar-refractivity contribution is 6.02. The summed E-state index contributed by atoms with van der Waals surface area (Å²) in [5.74, 6) is -2.00. The number of nitrogens with one attached hydrogen (secondary N) is 2. The van der Waals surface area contributed by atoms with Crippen LogP contribution in [-0.4, -0.2) is 37.2 Å². The van der Waals surface area contributed by atoms with Gasteiger partial charge >= 0.3 is 12.1 Å². The lowest BCUT2D eigenvalue weighted by atomic mass is 10.1. The van der Waals surface area contributed by atoms with Crippen LogP contribution >= 0.6 is 0 Å². The molecule has 0 unspecified atom stereocenters. The van der Waals surface area contributed by atoms with Crippen LogP contribution in [0.2, 0.25) is 0 Å². The van der Waals surface area contributed by atoms with Crippen LogP contribution in [0, 0.1) is 5.82 Å². The highest BCUT2D eigenvalue weighted by Crippen LogP contribution is 2.18. The average Bonchev–Trinajstić information content (AvgIpc) is 2.43. The van der Waals surface area contributed by atoms with Crippen molar-refractivity contribution in [3.63, 3.8) is 0 Å². The van der Waals surface area contributed by atoms with Crippen LogP contribution in [0.4, 0.5) is 14.9 Å².